The van der Waals surface area contributed by atoms with Gasteiger partial charge in [0.25, 0.3) is 5.56 Å². The minimum Gasteiger partial charge on any atom is -0.391 e. The van der Waals surface area contributed by atoms with Gasteiger partial charge in [0, 0.05) is 23.2 Å². The Balaban J connectivity index is 2.35. The maximum atomic E-state index is 13.5. The van der Waals surface area contributed by atoms with Gasteiger partial charge >= 0.3 is 0 Å². The Morgan fingerprint density at radius 2 is 2.22 bits per heavy atom. The zero-order valence-corrected chi connectivity index (χ0v) is 10.0. The summed E-state index contributed by atoms with van der Waals surface area (Å²) in [5.74, 6) is -0.152. The molecule has 2 N–H and O–H groups in total. The number of aromatic nitrogens is 2. The average molecular weight is 269 g/mol. The number of halogens is 2. The van der Waals surface area contributed by atoms with Crippen LogP contribution >= 0.6 is 11.6 Å². The fraction of sp³-hybridized carbons (Fsp3) is 0.167. The van der Waals surface area contributed by atoms with Crippen LogP contribution in [0.1, 0.15) is 17.0 Å². The van der Waals surface area contributed by atoms with Crippen LogP contribution in [0.4, 0.5) is 4.39 Å². The molecule has 1 aromatic carbocycles. The van der Waals surface area contributed by atoms with Gasteiger partial charge in [0.2, 0.25) is 0 Å². The summed E-state index contributed by atoms with van der Waals surface area (Å²) in [4.78, 5) is 17.9. The second-order valence-corrected chi connectivity index (χ2v) is 4.13. The Kier molecular flexibility index (Phi) is 3.74. The highest BCUT2D eigenvalue weighted by molar-refractivity contribution is 6.31. The van der Waals surface area contributed by atoms with E-state index in [1.54, 1.807) is 6.07 Å². The molecule has 0 unspecified atom stereocenters. The fourth-order valence-corrected chi connectivity index (χ4v) is 1.76. The van der Waals surface area contributed by atoms with Gasteiger partial charge in [-0.1, -0.05) is 17.7 Å². The first-order valence-corrected chi connectivity index (χ1v) is 5.60. The maximum absolute atomic E-state index is 13.5. The van der Waals surface area contributed by atoms with E-state index in [2.05, 4.69) is 9.97 Å². The minimum atomic E-state index is -0.448. The fourth-order valence-electron chi connectivity index (χ4n) is 1.53. The van der Waals surface area contributed by atoms with Crippen LogP contribution in [0.25, 0.3) is 0 Å². The quantitative estimate of drug-likeness (QED) is 0.889. The van der Waals surface area contributed by atoms with E-state index in [0.29, 0.717) is 5.82 Å². The predicted molar refractivity (Wildman–Crippen MR) is 65.0 cm³/mol. The third kappa shape index (κ3) is 2.57. The van der Waals surface area contributed by atoms with Crippen molar-refractivity contribution in [1.82, 2.24) is 9.97 Å². The Labute approximate surface area is 107 Å². The smallest absolute Gasteiger partial charge is 0.256 e. The van der Waals surface area contributed by atoms with Gasteiger partial charge in [-0.25, -0.2) is 9.37 Å². The van der Waals surface area contributed by atoms with E-state index in [1.807, 2.05) is 0 Å². The van der Waals surface area contributed by atoms with Crippen molar-refractivity contribution in [2.24, 2.45) is 0 Å². The van der Waals surface area contributed by atoms with Crippen LogP contribution in [-0.2, 0) is 13.0 Å². The minimum absolute atomic E-state index is 0.0897. The van der Waals surface area contributed by atoms with Crippen LogP contribution in [-0.4, -0.2) is 15.1 Å². The summed E-state index contributed by atoms with van der Waals surface area (Å²) in [5.41, 5.74) is 0.00686. The standard InChI is InChI=1S/C12H10ClFN2O2/c13-9-2-1-3-10(14)8(9)4-11-15-5-7(6-17)12(18)16-11/h1-3,5,17H,4,6H2,(H,15,16,18). The van der Waals surface area contributed by atoms with Crippen molar-refractivity contribution >= 4 is 11.6 Å². The Hall–Kier alpha value is -1.72. The van der Waals surface area contributed by atoms with Crippen molar-refractivity contribution in [3.63, 3.8) is 0 Å². The number of aliphatic hydroxyl groups is 1. The van der Waals surface area contributed by atoms with Gasteiger partial charge in [0.1, 0.15) is 11.6 Å². The van der Waals surface area contributed by atoms with Crippen molar-refractivity contribution in [1.29, 1.82) is 0 Å². The number of nitrogens with one attached hydrogen (secondary N) is 1. The normalized spacial score (nSPS) is 10.6. The molecule has 0 radical (unpaired) electrons. The summed E-state index contributed by atoms with van der Waals surface area (Å²) in [6.07, 6.45) is 1.36. The molecule has 6 heteroatoms. The molecule has 18 heavy (non-hydrogen) atoms. The highest BCUT2D eigenvalue weighted by Gasteiger charge is 2.10. The molecule has 0 saturated heterocycles. The third-order valence-electron chi connectivity index (χ3n) is 2.50. The van der Waals surface area contributed by atoms with Crippen LogP contribution in [0.2, 0.25) is 5.02 Å². The first-order valence-electron chi connectivity index (χ1n) is 5.22. The van der Waals surface area contributed by atoms with Crippen LogP contribution in [0.15, 0.2) is 29.2 Å². The van der Waals surface area contributed by atoms with Gasteiger partial charge in [0.05, 0.1) is 12.2 Å². The van der Waals surface area contributed by atoms with E-state index >= 15 is 0 Å². The number of aromatic amines is 1. The van der Waals surface area contributed by atoms with Gasteiger partial charge in [-0.3, -0.25) is 4.79 Å². The molecule has 2 aromatic rings. The number of aliphatic hydroxyl groups excluding tert-OH is 1. The largest absolute Gasteiger partial charge is 0.391 e. The van der Waals surface area contributed by atoms with Crippen molar-refractivity contribution in [3.05, 3.63) is 62.5 Å². The molecule has 0 atom stereocenters. The molecule has 0 aliphatic heterocycles. The molecular formula is C12H10ClFN2O2. The summed E-state index contributed by atoms with van der Waals surface area (Å²) >= 11 is 5.88. The van der Waals surface area contributed by atoms with Crippen LogP contribution < -0.4 is 5.56 Å². The second kappa shape index (κ2) is 5.29. The van der Waals surface area contributed by atoms with E-state index < -0.39 is 11.4 Å². The van der Waals surface area contributed by atoms with Gasteiger partial charge in [-0.15, -0.1) is 0 Å². The van der Waals surface area contributed by atoms with E-state index in [4.69, 9.17) is 16.7 Å². The van der Waals surface area contributed by atoms with Crippen LogP contribution in [0.3, 0.4) is 0 Å². The van der Waals surface area contributed by atoms with Crippen molar-refractivity contribution in [2.75, 3.05) is 0 Å². The lowest BCUT2D eigenvalue weighted by Gasteiger charge is -2.05. The van der Waals surface area contributed by atoms with Crippen LogP contribution in [0.5, 0.6) is 0 Å². The van der Waals surface area contributed by atoms with Gasteiger partial charge in [-0.2, -0.15) is 0 Å². The molecule has 94 valence electrons. The Morgan fingerprint density at radius 3 is 2.83 bits per heavy atom. The molecule has 0 spiro atoms. The first-order chi connectivity index (χ1) is 8.61. The molecule has 1 aromatic heterocycles. The molecule has 0 bridgehead atoms. The molecule has 2 rings (SSSR count). The summed E-state index contributed by atoms with van der Waals surface area (Å²) in [6, 6.07) is 4.37. The highest BCUT2D eigenvalue weighted by atomic mass is 35.5. The van der Waals surface area contributed by atoms with Gasteiger partial charge in [0.15, 0.2) is 0 Å². The van der Waals surface area contributed by atoms with E-state index in [9.17, 15) is 9.18 Å². The molecule has 0 fully saturated rings. The number of hydrogen-bond donors (Lipinski definition) is 2. The van der Waals surface area contributed by atoms with Gasteiger partial charge in [-0.05, 0) is 12.1 Å². The predicted octanol–water partition coefficient (Wildman–Crippen LogP) is 1.65. The summed E-state index contributed by atoms with van der Waals surface area (Å²) < 4.78 is 13.5. The van der Waals surface area contributed by atoms with Crippen molar-refractivity contribution < 1.29 is 9.50 Å². The maximum Gasteiger partial charge on any atom is 0.256 e. The van der Waals surface area contributed by atoms with Crippen molar-refractivity contribution in [3.8, 4) is 0 Å². The van der Waals surface area contributed by atoms with Crippen molar-refractivity contribution in [2.45, 2.75) is 13.0 Å². The molecule has 0 aliphatic rings. The zero-order valence-electron chi connectivity index (χ0n) is 9.28. The van der Waals surface area contributed by atoms with E-state index in [1.165, 1.54) is 18.3 Å². The number of rotatable bonds is 3. The molecule has 0 amide bonds. The molecule has 1 heterocycles. The lowest BCUT2D eigenvalue weighted by atomic mass is 10.1. The SMILES string of the molecule is O=c1[nH]c(Cc2c(F)cccc2Cl)ncc1CO. The highest BCUT2D eigenvalue weighted by Crippen LogP contribution is 2.20. The van der Waals surface area contributed by atoms with Gasteiger partial charge < -0.3 is 10.1 Å². The number of nitrogens with zero attached hydrogens (tertiary/aromatic N) is 1. The third-order valence-corrected chi connectivity index (χ3v) is 2.86. The molecular weight excluding hydrogens is 259 g/mol. The first kappa shape index (κ1) is 12.7. The number of hydrogen-bond acceptors (Lipinski definition) is 3. The molecule has 0 aliphatic carbocycles. The Bertz CT molecular complexity index is 607. The summed E-state index contributed by atoms with van der Waals surface area (Å²) in [6.45, 7) is -0.386. The van der Waals surface area contributed by atoms with E-state index in [-0.39, 0.29) is 29.2 Å². The van der Waals surface area contributed by atoms with E-state index in [0.717, 1.165) is 0 Å². The zero-order chi connectivity index (χ0) is 13.1. The Morgan fingerprint density at radius 1 is 1.44 bits per heavy atom. The second-order valence-electron chi connectivity index (χ2n) is 3.72. The summed E-state index contributed by atoms with van der Waals surface area (Å²) in [7, 11) is 0. The lowest BCUT2D eigenvalue weighted by molar-refractivity contribution is 0.279. The number of H-pyrrole nitrogens is 1. The summed E-state index contributed by atoms with van der Waals surface area (Å²) in [5, 5.41) is 9.13. The van der Waals surface area contributed by atoms with Crippen LogP contribution in [0, 0.1) is 5.82 Å². The monoisotopic (exact) mass is 268 g/mol. The average Bonchev–Trinajstić information content (AvgIpc) is 2.34. The molecule has 0 saturated carbocycles. The lowest BCUT2D eigenvalue weighted by Crippen LogP contribution is -2.16. The topological polar surface area (TPSA) is 66.0 Å². The molecule has 4 nitrogen and oxygen atoms in total. The number of benzene rings is 1.